The fourth-order valence-electron chi connectivity index (χ4n) is 3.74. The molecule has 2 rings (SSSR count). The van der Waals surface area contributed by atoms with Crippen LogP contribution in [0, 0.1) is 17.2 Å². The number of nitriles is 1. The second-order valence-corrected chi connectivity index (χ2v) is 7.12. The van der Waals surface area contributed by atoms with Crippen molar-refractivity contribution in [3.8, 4) is 6.07 Å². The molecule has 3 heteroatoms. The smallest absolute Gasteiger partial charge is 0.128 e. The van der Waals surface area contributed by atoms with Crippen LogP contribution in [0.15, 0.2) is 12.4 Å². The zero-order chi connectivity index (χ0) is 16.5. The van der Waals surface area contributed by atoms with E-state index in [1.54, 1.807) is 0 Å². The Labute approximate surface area is 141 Å². The Bertz CT molecular complexity index is 493. The molecule has 1 aliphatic carbocycles. The predicted octanol–water partition coefficient (Wildman–Crippen LogP) is 5.35. The van der Waals surface area contributed by atoms with Crippen LogP contribution in [-0.4, -0.2) is 9.97 Å². The van der Waals surface area contributed by atoms with Crippen molar-refractivity contribution in [1.82, 2.24) is 9.97 Å². The molecule has 1 heterocycles. The second kappa shape index (κ2) is 9.01. The van der Waals surface area contributed by atoms with Crippen LogP contribution in [0.4, 0.5) is 0 Å². The van der Waals surface area contributed by atoms with Gasteiger partial charge in [-0.1, -0.05) is 46.0 Å². The summed E-state index contributed by atoms with van der Waals surface area (Å²) < 4.78 is 0. The van der Waals surface area contributed by atoms with Crippen molar-refractivity contribution in [2.24, 2.45) is 5.92 Å². The van der Waals surface area contributed by atoms with Crippen LogP contribution in [0.5, 0.6) is 0 Å². The standard InChI is InChI=1S/C20H31N3/c1-3-5-6-7-9-17-10-12-20(16-21,13-11-17)18-14-22-19(8-4-2)23-15-18/h14-15,17H,3-13H2,1-2H3. The summed E-state index contributed by atoms with van der Waals surface area (Å²) in [4.78, 5) is 8.93. The molecule has 1 aromatic heterocycles. The third-order valence-electron chi connectivity index (χ3n) is 5.37. The van der Waals surface area contributed by atoms with Crippen LogP contribution in [0.2, 0.25) is 0 Å². The van der Waals surface area contributed by atoms with E-state index in [2.05, 4.69) is 29.9 Å². The molecule has 3 nitrogen and oxygen atoms in total. The highest BCUT2D eigenvalue weighted by Crippen LogP contribution is 2.42. The zero-order valence-electron chi connectivity index (χ0n) is 14.9. The average Bonchev–Trinajstić information content (AvgIpc) is 2.60. The molecule has 0 aromatic carbocycles. The van der Waals surface area contributed by atoms with Crippen LogP contribution < -0.4 is 0 Å². The van der Waals surface area contributed by atoms with E-state index in [0.717, 1.165) is 43.0 Å². The van der Waals surface area contributed by atoms with E-state index < -0.39 is 0 Å². The molecule has 0 amide bonds. The lowest BCUT2D eigenvalue weighted by Crippen LogP contribution is -2.30. The topological polar surface area (TPSA) is 49.6 Å². The summed E-state index contributed by atoms with van der Waals surface area (Å²) in [6, 6.07) is 2.60. The molecule has 0 aliphatic heterocycles. The minimum Gasteiger partial charge on any atom is -0.241 e. The molecule has 0 atom stereocenters. The molecule has 1 fully saturated rings. The van der Waals surface area contributed by atoms with Gasteiger partial charge in [0.05, 0.1) is 11.5 Å². The minimum absolute atomic E-state index is 0.343. The molecule has 0 N–H and O–H groups in total. The number of aromatic nitrogens is 2. The maximum Gasteiger partial charge on any atom is 0.128 e. The summed E-state index contributed by atoms with van der Waals surface area (Å²) in [5, 5.41) is 9.79. The molecule has 1 saturated carbocycles. The molecular weight excluding hydrogens is 282 g/mol. The molecule has 0 saturated heterocycles. The quantitative estimate of drug-likeness (QED) is 0.608. The Balaban J connectivity index is 1.92. The highest BCUT2D eigenvalue weighted by molar-refractivity contribution is 5.29. The van der Waals surface area contributed by atoms with Gasteiger partial charge >= 0.3 is 0 Å². The first-order chi connectivity index (χ1) is 11.2. The first kappa shape index (κ1) is 17.9. The van der Waals surface area contributed by atoms with E-state index in [-0.39, 0.29) is 5.41 Å². The average molecular weight is 313 g/mol. The summed E-state index contributed by atoms with van der Waals surface area (Å²) in [5.41, 5.74) is 0.689. The zero-order valence-corrected chi connectivity index (χ0v) is 14.9. The van der Waals surface area contributed by atoms with Crippen LogP contribution in [0.1, 0.15) is 89.4 Å². The fourth-order valence-corrected chi connectivity index (χ4v) is 3.74. The van der Waals surface area contributed by atoms with Crippen LogP contribution in [0.25, 0.3) is 0 Å². The van der Waals surface area contributed by atoms with Gasteiger partial charge in [0, 0.05) is 24.4 Å². The van der Waals surface area contributed by atoms with Gasteiger partial charge in [-0.2, -0.15) is 5.26 Å². The molecular formula is C20H31N3. The van der Waals surface area contributed by atoms with Crippen LogP contribution >= 0.6 is 0 Å². The van der Waals surface area contributed by atoms with Gasteiger partial charge in [-0.05, 0) is 38.0 Å². The normalized spacial score (nSPS) is 24.3. The maximum atomic E-state index is 9.79. The highest BCUT2D eigenvalue weighted by atomic mass is 14.9. The summed E-state index contributed by atoms with van der Waals surface area (Å²) >= 11 is 0. The van der Waals surface area contributed by atoms with Crippen LogP contribution in [0.3, 0.4) is 0 Å². The van der Waals surface area contributed by atoms with Crippen molar-refractivity contribution in [3.05, 3.63) is 23.8 Å². The number of rotatable bonds is 8. The van der Waals surface area contributed by atoms with Gasteiger partial charge in [0.15, 0.2) is 0 Å². The minimum atomic E-state index is -0.343. The SMILES string of the molecule is CCCCCCC1CCC(C#N)(c2cnc(CCC)nc2)CC1. The van der Waals surface area contributed by atoms with Gasteiger partial charge in [-0.25, -0.2) is 9.97 Å². The molecule has 0 radical (unpaired) electrons. The first-order valence-electron chi connectivity index (χ1n) is 9.46. The Morgan fingerprint density at radius 3 is 2.35 bits per heavy atom. The molecule has 1 aliphatic rings. The number of nitrogens with zero attached hydrogens (tertiary/aromatic N) is 3. The summed E-state index contributed by atoms with van der Waals surface area (Å²) in [7, 11) is 0. The van der Waals surface area contributed by atoms with Gasteiger partial charge in [-0.15, -0.1) is 0 Å². The lowest BCUT2D eigenvalue weighted by molar-refractivity contribution is 0.260. The van der Waals surface area contributed by atoms with E-state index in [4.69, 9.17) is 0 Å². The fraction of sp³-hybridized carbons (Fsp3) is 0.750. The predicted molar refractivity (Wildman–Crippen MR) is 94.0 cm³/mol. The van der Waals surface area contributed by atoms with Gasteiger partial charge in [0.2, 0.25) is 0 Å². The molecule has 23 heavy (non-hydrogen) atoms. The molecule has 1 aromatic rings. The monoisotopic (exact) mass is 313 g/mol. The van der Waals surface area contributed by atoms with Crippen molar-refractivity contribution in [3.63, 3.8) is 0 Å². The van der Waals surface area contributed by atoms with E-state index in [1.807, 2.05) is 12.4 Å². The summed E-state index contributed by atoms with van der Waals surface area (Å²) in [6.45, 7) is 4.39. The van der Waals surface area contributed by atoms with Crippen LogP contribution in [-0.2, 0) is 11.8 Å². The van der Waals surface area contributed by atoms with E-state index >= 15 is 0 Å². The van der Waals surface area contributed by atoms with Gasteiger partial charge in [0.25, 0.3) is 0 Å². The van der Waals surface area contributed by atoms with Crippen molar-refractivity contribution < 1.29 is 0 Å². The summed E-state index contributed by atoms with van der Waals surface area (Å²) in [6.07, 6.45) is 16.8. The third-order valence-corrected chi connectivity index (χ3v) is 5.37. The van der Waals surface area contributed by atoms with Crippen molar-refractivity contribution in [2.45, 2.75) is 89.9 Å². The molecule has 0 spiro atoms. The number of hydrogen-bond acceptors (Lipinski definition) is 3. The lowest BCUT2D eigenvalue weighted by Gasteiger charge is -2.35. The number of hydrogen-bond donors (Lipinski definition) is 0. The Kier molecular flexibility index (Phi) is 7.02. The number of aryl methyl sites for hydroxylation is 1. The highest BCUT2D eigenvalue weighted by Gasteiger charge is 2.37. The van der Waals surface area contributed by atoms with Gasteiger partial charge in [-0.3, -0.25) is 0 Å². The third kappa shape index (κ3) is 4.77. The van der Waals surface area contributed by atoms with Crippen molar-refractivity contribution >= 4 is 0 Å². The largest absolute Gasteiger partial charge is 0.241 e. The Morgan fingerprint density at radius 1 is 1.09 bits per heavy atom. The number of unbranched alkanes of at least 4 members (excludes halogenated alkanes) is 3. The Hall–Kier alpha value is -1.43. The molecule has 126 valence electrons. The molecule has 0 bridgehead atoms. The van der Waals surface area contributed by atoms with Gasteiger partial charge in [0.1, 0.15) is 5.82 Å². The van der Waals surface area contributed by atoms with Crippen molar-refractivity contribution in [2.75, 3.05) is 0 Å². The van der Waals surface area contributed by atoms with Gasteiger partial charge < -0.3 is 0 Å². The van der Waals surface area contributed by atoms with E-state index in [9.17, 15) is 5.26 Å². The first-order valence-corrected chi connectivity index (χ1v) is 9.46. The van der Waals surface area contributed by atoms with Crippen molar-refractivity contribution in [1.29, 1.82) is 5.26 Å². The molecule has 0 unspecified atom stereocenters. The second-order valence-electron chi connectivity index (χ2n) is 7.12. The Morgan fingerprint density at radius 2 is 1.78 bits per heavy atom. The van der Waals surface area contributed by atoms with E-state index in [1.165, 1.54) is 44.9 Å². The van der Waals surface area contributed by atoms with E-state index in [0.29, 0.717) is 0 Å². The maximum absolute atomic E-state index is 9.79. The summed E-state index contributed by atoms with van der Waals surface area (Å²) in [5.74, 6) is 1.71. The lowest BCUT2D eigenvalue weighted by atomic mass is 9.67.